The van der Waals surface area contributed by atoms with E-state index in [0.717, 1.165) is 5.56 Å². The molecular weight excluding hydrogens is 446 g/mol. The van der Waals surface area contributed by atoms with E-state index in [9.17, 15) is 14.7 Å². The van der Waals surface area contributed by atoms with E-state index < -0.39 is 17.7 Å². The number of carbonyl (C=O) groups excluding carboxylic acids is 2. The Morgan fingerprint density at radius 1 is 1.15 bits per heavy atom. The van der Waals surface area contributed by atoms with Crippen molar-refractivity contribution in [3.05, 3.63) is 88.3 Å². The molecule has 8 heteroatoms. The average molecular weight is 468 g/mol. The topological polar surface area (TPSA) is 89.2 Å². The number of halogens is 1. The first-order chi connectivity index (χ1) is 15.9. The van der Waals surface area contributed by atoms with Gasteiger partial charge in [-0.25, -0.2) is 0 Å². The number of Topliss-reactive ketones (excluding diaryl/α,β-unsaturated/α-hetero) is 1. The van der Waals surface area contributed by atoms with E-state index in [0.29, 0.717) is 23.9 Å². The van der Waals surface area contributed by atoms with Crippen molar-refractivity contribution in [2.45, 2.75) is 19.5 Å². The molecule has 1 amide bonds. The van der Waals surface area contributed by atoms with Gasteiger partial charge in [0.05, 0.1) is 30.6 Å². The molecule has 0 saturated carbocycles. The molecule has 2 heterocycles. The lowest BCUT2D eigenvalue weighted by Crippen LogP contribution is -2.29. The van der Waals surface area contributed by atoms with E-state index in [2.05, 4.69) is 0 Å². The lowest BCUT2D eigenvalue weighted by Gasteiger charge is -2.23. The summed E-state index contributed by atoms with van der Waals surface area (Å²) in [6, 6.07) is 14.3. The number of hydrogen-bond donors (Lipinski definition) is 1. The molecule has 2 aromatic carbocycles. The number of aliphatic hydroxyl groups is 1. The number of nitrogens with zero attached hydrogens (tertiary/aromatic N) is 1. The Morgan fingerprint density at radius 2 is 1.97 bits per heavy atom. The second-order valence-corrected chi connectivity index (χ2v) is 7.78. The third kappa shape index (κ3) is 4.32. The number of benzene rings is 2. The van der Waals surface area contributed by atoms with Gasteiger partial charge in [-0.2, -0.15) is 0 Å². The fourth-order valence-electron chi connectivity index (χ4n) is 3.85. The van der Waals surface area contributed by atoms with E-state index in [1.165, 1.54) is 24.3 Å². The lowest BCUT2D eigenvalue weighted by atomic mass is 9.99. The predicted octanol–water partition coefficient (Wildman–Crippen LogP) is 4.96. The van der Waals surface area contributed by atoms with Crippen molar-refractivity contribution < 1.29 is 28.6 Å². The maximum Gasteiger partial charge on any atom is 0.296 e. The third-order valence-electron chi connectivity index (χ3n) is 5.34. The van der Waals surface area contributed by atoms with Crippen molar-refractivity contribution in [2.24, 2.45) is 0 Å². The van der Waals surface area contributed by atoms with Crippen molar-refractivity contribution in [1.82, 2.24) is 4.90 Å². The Balaban J connectivity index is 1.79. The molecule has 4 rings (SSSR count). The molecule has 1 aromatic heterocycles. The highest BCUT2D eigenvalue weighted by Crippen LogP contribution is 2.41. The molecule has 1 saturated heterocycles. The number of amides is 1. The molecule has 3 aromatic rings. The molecule has 1 aliphatic heterocycles. The number of likely N-dealkylation sites (tertiary alicyclic amines) is 1. The van der Waals surface area contributed by atoms with Gasteiger partial charge in [0.15, 0.2) is 0 Å². The summed E-state index contributed by atoms with van der Waals surface area (Å²) in [5.74, 6) is -0.443. The van der Waals surface area contributed by atoms with Gasteiger partial charge in [-0.3, -0.25) is 9.59 Å². The van der Waals surface area contributed by atoms with Crippen LogP contribution in [0.25, 0.3) is 5.76 Å². The van der Waals surface area contributed by atoms with Crippen molar-refractivity contribution in [3.63, 3.8) is 0 Å². The first-order valence-corrected chi connectivity index (χ1v) is 10.7. The number of ether oxygens (including phenoxy) is 2. The van der Waals surface area contributed by atoms with Gasteiger partial charge < -0.3 is 23.9 Å². The van der Waals surface area contributed by atoms with Crippen LogP contribution in [0.4, 0.5) is 0 Å². The van der Waals surface area contributed by atoms with E-state index >= 15 is 0 Å². The minimum Gasteiger partial charge on any atom is -0.507 e. The van der Waals surface area contributed by atoms with Gasteiger partial charge in [-0.15, -0.1) is 0 Å². The Bertz CT molecular complexity index is 1220. The van der Waals surface area contributed by atoms with Gasteiger partial charge in [0.1, 0.15) is 29.1 Å². The summed E-state index contributed by atoms with van der Waals surface area (Å²) >= 11 is 6.21. The average Bonchev–Trinajstić information content (AvgIpc) is 3.42. The number of furan rings is 1. The maximum absolute atomic E-state index is 13.1. The van der Waals surface area contributed by atoms with Crippen LogP contribution in [-0.2, 0) is 16.1 Å². The van der Waals surface area contributed by atoms with Crippen LogP contribution in [0, 0.1) is 0 Å². The van der Waals surface area contributed by atoms with Crippen molar-refractivity contribution in [3.8, 4) is 11.5 Å². The number of hydrogen-bond acceptors (Lipinski definition) is 6. The summed E-state index contributed by atoms with van der Waals surface area (Å²) in [5, 5.41) is 11.3. The van der Waals surface area contributed by atoms with Crippen LogP contribution in [0.2, 0.25) is 5.02 Å². The molecule has 1 atom stereocenters. The molecule has 1 unspecified atom stereocenters. The van der Waals surface area contributed by atoms with E-state index in [1.807, 2.05) is 31.2 Å². The number of methoxy groups -OCH3 is 1. The van der Waals surface area contributed by atoms with E-state index in [-0.39, 0.29) is 28.5 Å². The van der Waals surface area contributed by atoms with Crippen LogP contribution in [0.3, 0.4) is 0 Å². The zero-order chi connectivity index (χ0) is 23.5. The van der Waals surface area contributed by atoms with Gasteiger partial charge in [-0.1, -0.05) is 23.7 Å². The number of carbonyl (C=O) groups is 2. The van der Waals surface area contributed by atoms with Gasteiger partial charge in [0.25, 0.3) is 11.7 Å². The zero-order valence-corrected chi connectivity index (χ0v) is 18.8. The molecular formula is C25H22ClNO6. The predicted molar refractivity (Wildman–Crippen MR) is 122 cm³/mol. The molecule has 0 spiro atoms. The summed E-state index contributed by atoms with van der Waals surface area (Å²) in [6.07, 6.45) is 1.45. The minimum absolute atomic E-state index is 0.0721. The van der Waals surface area contributed by atoms with Crippen LogP contribution in [0.5, 0.6) is 11.5 Å². The zero-order valence-electron chi connectivity index (χ0n) is 18.1. The molecule has 0 radical (unpaired) electrons. The van der Waals surface area contributed by atoms with Crippen LogP contribution in [0.1, 0.15) is 29.9 Å². The number of rotatable bonds is 7. The summed E-state index contributed by atoms with van der Waals surface area (Å²) in [4.78, 5) is 27.5. The highest BCUT2D eigenvalue weighted by molar-refractivity contribution is 6.46. The second-order valence-electron chi connectivity index (χ2n) is 7.37. The highest BCUT2D eigenvalue weighted by atomic mass is 35.5. The SMILES string of the molecule is CCOc1cccc(CN2C(=O)C(=O)/C(=C(\O)c3ccc(OC)c(Cl)c3)C2c2ccco2)c1. The van der Waals surface area contributed by atoms with Crippen LogP contribution in [0.15, 0.2) is 70.9 Å². The quantitative estimate of drug-likeness (QED) is 0.300. The lowest BCUT2D eigenvalue weighted by molar-refractivity contribution is -0.140. The molecule has 1 aliphatic rings. The van der Waals surface area contributed by atoms with Crippen molar-refractivity contribution in [1.29, 1.82) is 0 Å². The highest BCUT2D eigenvalue weighted by Gasteiger charge is 2.47. The fourth-order valence-corrected chi connectivity index (χ4v) is 4.11. The third-order valence-corrected chi connectivity index (χ3v) is 5.64. The number of aliphatic hydroxyl groups excluding tert-OH is 1. The second kappa shape index (κ2) is 9.42. The van der Waals surface area contributed by atoms with Crippen molar-refractivity contribution in [2.75, 3.05) is 13.7 Å². The Morgan fingerprint density at radius 3 is 2.64 bits per heavy atom. The van der Waals surface area contributed by atoms with Gasteiger partial charge in [0, 0.05) is 12.1 Å². The summed E-state index contributed by atoms with van der Waals surface area (Å²) in [5.41, 5.74) is 0.984. The Hall–Kier alpha value is -3.71. The molecule has 7 nitrogen and oxygen atoms in total. The van der Waals surface area contributed by atoms with Crippen LogP contribution >= 0.6 is 11.6 Å². The largest absolute Gasteiger partial charge is 0.507 e. The standard InChI is InChI=1S/C25H22ClNO6/c1-3-32-17-7-4-6-15(12-17)14-27-22(20-8-5-11-33-20)21(24(29)25(27)30)23(28)16-9-10-19(31-2)18(26)13-16/h4-13,22,28H,3,14H2,1-2H3/b23-21-. The fraction of sp³-hybridized carbons (Fsp3) is 0.200. The number of ketones is 1. The smallest absolute Gasteiger partial charge is 0.296 e. The first-order valence-electron chi connectivity index (χ1n) is 10.3. The molecule has 170 valence electrons. The molecule has 33 heavy (non-hydrogen) atoms. The van der Waals surface area contributed by atoms with Crippen LogP contribution < -0.4 is 9.47 Å². The summed E-state index contributed by atoms with van der Waals surface area (Å²) in [7, 11) is 1.48. The summed E-state index contributed by atoms with van der Waals surface area (Å²) < 4.78 is 16.3. The Labute approximate surface area is 195 Å². The van der Waals surface area contributed by atoms with E-state index in [4.69, 9.17) is 25.5 Å². The van der Waals surface area contributed by atoms with Gasteiger partial charge in [0.2, 0.25) is 0 Å². The van der Waals surface area contributed by atoms with E-state index in [1.54, 1.807) is 24.3 Å². The van der Waals surface area contributed by atoms with Crippen molar-refractivity contribution >= 4 is 29.1 Å². The molecule has 0 bridgehead atoms. The normalized spacial score (nSPS) is 17.4. The molecule has 0 aliphatic carbocycles. The monoisotopic (exact) mass is 467 g/mol. The minimum atomic E-state index is -0.906. The first kappa shape index (κ1) is 22.5. The summed E-state index contributed by atoms with van der Waals surface area (Å²) in [6.45, 7) is 2.51. The molecule has 1 fully saturated rings. The van der Waals surface area contributed by atoms with Gasteiger partial charge >= 0.3 is 0 Å². The Kier molecular flexibility index (Phi) is 6.42. The van der Waals surface area contributed by atoms with Gasteiger partial charge in [-0.05, 0) is 55.0 Å². The molecule has 1 N–H and O–H groups in total. The maximum atomic E-state index is 13.1. The van der Waals surface area contributed by atoms with Crippen LogP contribution in [-0.4, -0.2) is 35.4 Å².